The fraction of sp³-hybridized carbons (Fsp3) is 0.0833. The summed E-state index contributed by atoms with van der Waals surface area (Å²) in [5.41, 5.74) is 0.781. The first-order chi connectivity index (χ1) is 8.24. The third-order valence-corrected chi connectivity index (χ3v) is 3.26. The average molecular weight is 267 g/mol. The van der Waals surface area contributed by atoms with Crippen LogP contribution in [0.5, 0.6) is 0 Å². The topological polar surface area (TPSA) is 25.2 Å². The Hall–Kier alpha value is -1.33. The van der Waals surface area contributed by atoms with Crippen LogP contribution in [0.2, 0.25) is 0 Å². The zero-order chi connectivity index (χ0) is 12.1. The lowest BCUT2D eigenvalue weighted by atomic mass is 10.3. The summed E-state index contributed by atoms with van der Waals surface area (Å²) in [6.07, 6.45) is 1.63. The van der Waals surface area contributed by atoms with Crippen molar-refractivity contribution >= 4 is 34.0 Å². The molecule has 0 unspecified atom stereocenters. The minimum atomic E-state index is -0.260. The average Bonchev–Trinajstić information content (AvgIpc) is 2.83. The van der Waals surface area contributed by atoms with Gasteiger partial charge in [0, 0.05) is 5.69 Å². The van der Waals surface area contributed by atoms with Crippen LogP contribution in [0.3, 0.4) is 0 Å². The van der Waals surface area contributed by atoms with Gasteiger partial charge in [0.15, 0.2) is 0 Å². The molecule has 1 aromatic carbocycles. The van der Waals surface area contributed by atoms with Crippen molar-refractivity contribution in [3.05, 3.63) is 54.2 Å². The van der Waals surface area contributed by atoms with Gasteiger partial charge < -0.3 is 9.73 Å². The van der Waals surface area contributed by atoms with E-state index in [9.17, 15) is 4.39 Å². The van der Waals surface area contributed by atoms with Gasteiger partial charge in [-0.1, -0.05) is 24.0 Å². The maximum absolute atomic E-state index is 12.7. The van der Waals surface area contributed by atoms with Crippen LogP contribution in [0.1, 0.15) is 5.76 Å². The molecule has 2 nitrogen and oxygen atoms in total. The molecule has 0 radical (unpaired) electrons. The standard InChI is InChI=1S/C12H10FNOS2/c13-9-3-5-10(6-4-9)14-12(16)17-8-11-2-1-7-15-11/h1-7H,8H2,(H,14,16). The van der Waals surface area contributed by atoms with Gasteiger partial charge in [-0.2, -0.15) is 0 Å². The Balaban J connectivity index is 1.83. The summed E-state index contributed by atoms with van der Waals surface area (Å²) in [6.45, 7) is 0. The van der Waals surface area contributed by atoms with E-state index in [0.717, 1.165) is 11.4 Å². The van der Waals surface area contributed by atoms with Crippen LogP contribution in [0.15, 0.2) is 47.1 Å². The maximum atomic E-state index is 12.7. The molecule has 0 fully saturated rings. The van der Waals surface area contributed by atoms with Gasteiger partial charge in [0.2, 0.25) is 0 Å². The van der Waals surface area contributed by atoms with Gasteiger partial charge in [-0.05, 0) is 36.4 Å². The zero-order valence-corrected chi connectivity index (χ0v) is 10.5. The fourth-order valence-corrected chi connectivity index (χ4v) is 2.14. The van der Waals surface area contributed by atoms with Crippen LogP contribution in [0.25, 0.3) is 0 Å². The molecule has 1 heterocycles. The second-order valence-corrected chi connectivity index (χ2v) is 4.94. The predicted molar refractivity (Wildman–Crippen MR) is 72.6 cm³/mol. The monoisotopic (exact) mass is 267 g/mol. The summed E-state index contributed by atoms with van der Waals surface area (Å²) in [7, 11) is 0. The Morgan fingerprint density at radius 3 is 2.71 bits per heavy atom. The number of anilines is 1. The second-order valence-electron chi connectivity index (χ2n) is 3.29. The molecule has 17 heavy (non-hydrogen) atoms. The number of rotatable bonds is 3. The van der Waals surface area contributed by atoms with E-state index in [-0.39, 0.29) is 5.82 Å². The minimum absolute atomic E-state index is 0.260. The molecule has 2 rings (SSSR count). The molecule has 1 N–H and O–H groups in total. The van der Waals surface area contributed by atoms with Gasteiger partial charge in [0.1, 0.15) is 15.9 Å². The number of benzene rings is 1. The molecule has 0 bridgehead atoms. The Morgan fingerprint density at radius 2 is 2.06 bits per heavy atom. The molecule has 0 spiro atoms. The van der Waals surface area contributed by atoms with Crippen LogP contribution < -0.4 is 5.32 Å². The van der Waals surface area contributed by atoms with Crippen LogP contribution in [-0.4, -0.2) is 4.32 Å². The Bertz CT molecular complexity index is 482. The largest absolute Gasteiger partial charge is 0.468 e. The Morgan fingerprint density at radius 1 is 1.29 bits per heavy atom. The summed E-state index contributed by atoms with van der Waals surface area (Å²) >= 11 is 6.62. The molecule has 0 amide bonds. The van der Waals surface area contributed by atoms with Gasteiger partial charge in [-0.15, -0.1) is 0 Å². The molecule has 0 aliphatic heterocycles. The van der Waals surface area contributed by atoms with Crippen molar-refractivity contribution in [2.45, 2.75) is 5.75 Å². The third kappa shape index (κ3) is 3.87. The molecular weight excluding hydrogens is 257 g/mol. The maximum Gasteiger partial charge on any atom is 0.138 e. The van der Waals surface area contributed by atoms with E-state index in [1.807, 2.05) is 12.1 Å². The molecule has 2 aromatic rings. The second kappa shape index (κ2) is 5.84. The number of thiocarbonyl (C=S) groups is 1. The lowest BCUT2D eigenvalue weighted by Crippen LogP contribution is -2.04. The van der Waals surface area contributed by atoms with E-state index in [1.54, 1.807) is 18.4 Å². The quantitative estimate of drug-likeness (QED) is 0.848. The number of halogens is 1. The van der Waals surface area contributed by atoms with Crippen molar-refractivity contribution in [1.82, 2.24) is 0 Å². The number of furan rings is 1. The molecule has 0 aliphatic carbocycles. The lowest BCUT2D eigenvalue weighted by Gasteiger charge is -2.06. The molecule has 5 heteroatoms. The van der Waals surface area contributed by atoms with E-state index in [2.05, 4.69) is 5.32 Å². The normalized spacial score (nSPS) is 10.2. The van der Waals surface area contributed by atoms with Crippen molar-refractivity contribution in [1.29, 1.82) is 0 Å². The Kier molecular flexibility index (Phi) is 4.17. The van der Waals surface area contributed by atoms with Crippen LogP contribution in [0.4, 0.5) is 10.1 Å². The summed E-state index contributed by atoms with van der Waals surface area (Å²) in [5.74, 6) is 1.29. The van der Waals surface area contributed by atoms with Gasteiger partial charge in [0.25, 0.3) is 0 Å². The molecule has 0 saturated heterocycles. The molecule has 0 aliphatic rings. The van der Waals surface area contributed by atoms with Crippen molar-refractivity contribution in [2.24, 2.45) is 0 Å². The summed E-state index contributed by atoms with van der Waals surface area (Å²) in [4.78, 5) is 0. The minimum Gasteiger partial charge on any atom is -0.468 e. The van der Waals surface area contributed by atoms with Gasteiger partial charge in [-0.3, -0.25) is 0 Å². The first-order valence-corrected chi connectivity index (χ1v) is 6.35. The summed E-state index contributed by atoms with van der Waals surface area (Å²) in [6, 6.07) is 9.81. The first-order valence-electron chi connectivity index (χ1n) is 4.96. The van der Waals surface area contributed by atoms with E-state index in [1.165, 1.54) is 23.9 Å². The van der Waals surface area contributed by atoms with Crippen molar-refractivity contribution in [2.75, 3.05) is 5.32 Å². The van der Waals surface area contributed by atoms with Crippen molar-refractivity contribution in [3.63, 3.8) is 0 Å². The van der Waals surface area contributed by atoms with E-state index < -0.39 is 0 Å². The molecule has 1 aromatic heterocycles. The van der Waals surface area contributed by atoms with Gasteiger partial charge >= 0.3 is 0 Å². The van der Waals surface area contributed by atoms with Crippen molar-refractivity contribution in [3.8, 4) is 0 Å². The molecular formula is C12H10FNOS2. The number of nitrogens with one attached hydrogen (secondary N) is 1. The fourth-order valence-electron chi connectivity index (χ4n) is 1.22. The highest BCUT2D eigenvalue weighted by atomic mass is 32.2. The summed E-state index contributed by atoms with van der Waals surface area (Å²) < 4.78 is 18.5. The van der Waals surface area contributed by atoms with Crippen LogP contribution in [-0.2, 0) is 5.75 Å². The summed E-state index contributed by atoms with van der Waals surface area (Å²) in [5, 5.41) is 3.02. The van der Waals surface area contributed by atoms with E-state index in [4.69, 9.17) is 16.6 Å². The third-order valence-electron chi connectivity index (χ3n) is 2.02. The Labute approximate surface area is 108 Å². The molecule has 0 saturated carbocycles. The number of thioether (sulfide) groups is 1. The lowest BCUT2D eigenvalue weighted by molar-refractivity contribution is 0.530. The SMILES string of the molecule is Fc1ccc(NC(=S)SCc2ccco2)cc1. The predicted octanol–water partition coefficient (Wildman–Crippen LogP) is 4.05. The number of hydrogen-bond donors (Lipinski definition) is 1. The van der Waals surface area contributed by atoms with Gasteiger partial charge in [0.05, 0.1) is 12.0 Å². The molecule has 88 valence electrons. The number of hydrogen-bond acceptors (Lipinski definition) is 3. The van der Waals surface area contributed by atoms with E-state index in [0.29, 0.717) is 10.1 Å². The highest BCUT2D eigenvalue weighted by molar-refractivity contribution is 8.22. The van der Waals surface area contributed by atoms with Gasteiger partial charge in [-0.25, -0.2) is 4.39 Å². The molecule has 0 atom stereocenters. The highest BCUT2D eigenvalue weighted by Gasteiger charge is 2.01. The first kappa shape index (κ1) is 12.1. The van der Waals surface area contributed by atoms with Crippen molar-refractivity contribution < 1.29 is 8.81 Å². The highest BCUT2D eigenvalue weighted by Crippen LogP contribution is 2.17. The van der Waals surface area contributed by atoms with E-state index >= 15 is 0 Å². The smallest absolute Gasteiger partial charge is 0.138 e. The van der Waals surface area contributed by atoms with Crippen LogP contribution in [0, 0.1) is 5.82 Å². The zero-order valence-electron chi connectivity index (χ0n) is 8.85. The van der Waals surface area contributed by atoms with Crippen LogP contribution >= 0.6 is 24.0 Å².